The fraction of sp³-hybridized carbons (Fsp3) is 0.438. The smallest absolute Gasteiger partial charge is 0.244 e. The van der Waals surface area contributed by atoms with Crippen molar-refractivity contribution in [1.82, 2.24) is 0 Å². The van der Waals surface area contributed by atoms with Gasteiger partial charge in [0.05, 0.1) is 23.0 Å². The van der Waals surface area contributed by atoms with Gasteiger partial charge in [-0.3, -0.25) is 9.59 Å². The summed E-state index contributed by atoms with van der Waals surface area (Å²) in [6, 6.07) is 7.09. The van der Waals surface area contributed by atoms with Crippen LogP contribution < -0.4 is 10.2 Å². The van der Waals surface area contributed by atoms with Crippen molar-refractivity contribution in [1.29, 1.82) is 5.26 Å². The second kappa shape index (κ2) is 5.57. The minimum atomic E-state index is -0.184. The van der Waals surface area contributed by atoms with Crippen LogP contribution in [0.15, 0.2) is 18.2 Å². The first-order valence-electron chi connectivity index (χ1n) is 7.34. The van der Waals surface area contributed by atoms with E-state index in [4.69, 9.17) is 5.26 Å². The molecule has 0 radical (unpaired) electrons. The molecule has 3 rings (SSSR count). The van der Waals surface area contributed by atoms with Crippen LogP contribution in [-0.2, 0) is 9.59 Å². The van der Waals surface area contributed by atoms with Crippen LogP contribution in [-0.4, -0.2) is 18.4 Å². The number of nitriles is 1. The maximum Gasteiger partial charge on any atom is 0.244 e. The summed E-state index contributed by atoms with van der Waals surface area (Å²) < 4.78 is 0. The Morgan fingerprint density at radius 1 is 1.29 bits per heavy atom. The minimum absolute atomic E-state index is 0.00300. The molecule has 5 nitrogen and oxygen atoms in total. The average Bonchev–Trinajstić information content (AvgIpc) is 2.53. The van der Waals surface area contributed by atoms with Gasteiger partial charge in [0.15, 0.2) is 0 Å². The largest absolute Gasteiger partial charge is 0.323 e. The fourth-order valence-electron chi connectivity index (χ4n) is 3.12. The lowest BCUT2D eigenvalue weighted by Gasteiger charge is -2.33. The summed E-state index contributed by atoms with van der Waals surface area (Å²) in [7, 11) is 0. The van der Waals surface area contributed by atoms with Crippen molar-refractivity contribution in [3.63, 3.8) is 0 Å². The molecular formula is C16H17N3O2. The number of fused-ring (bicyclic) bond motifs is 1. The third-order valence-electron chi connectivity index (χ3n) is 4.21. The minimum Gasteiger partial charge on any atom is -0.323 e. The molecule has 1 saturated carbocycles. The van der Waals surface area contributed by atoms with E-state index < -0.39 is 0 Å². The number of carbonyl (C=O) groups is 2. The predicted molar refractivity (Wildman–Crippen MR) is 78.7 cm³/mol. The zero-order chi connectivity index (χ0) is 14.8. The average molecular weight is 283 g/mol. The molecule has 2 amide bonds. The zero-order valence-electron chi connectivity index (χ0n) is 11.8. The van der Waals surface area contributed by atoms with Crippen molar-refractivity contribution in [2.24, 2.45) is 5.92 Å². The van der Waals surface area contributed by atoms with Crippen molar-refractivity contribution in [3.05, 3.63) is 23.8 Å². The Bertz CT molecular complexity index is 627. The quantitative estimate of drug-likeness (QED) is 0.860. The summed E-state index contributed by atoms with van der Waals surface area (Å²) in [5.74, 6) is -0.166. The summed E-state index contributed by atoms with van der Waals surface area (Å²) in [6.45, 7) is 0.0389. The normalized spacial score (nSPS) is 18.6. The first-order chi connectivity index (χ1) is 10.2. The molecule has 0 aromatic heterocycles. The first-order valence-corrected chi connectivity index (χ1v) is 7.34. The number of hydrogen-bond donors (Lipinski definition) is 1. The lowest BCUT2D eigenvalue weighted by molar-refractivity contribution is -0.125. The topological polar surface area (TPSA) is 73.2 Å². The summed E-state index contributed by atoms with van der Waals surface area (Å²) >= 11 is 0. The number of anilines is 2. The van der Waals surface area contributed by atoms with Crippen LogP contribution in [0.4, 0.5) is 11.4 Å². The number of nitrogens with zero attached hydrogens (tertiary/aromatic N) is 2. The molecule has 0 spiro atoms. The monoisotopic (exact) mass is 283 g/mol. The molecule has 5 heteroatoms. The number of benzene rings is 1. The molecule has 0 saturated heterocycles. The SMILES string of the molecule is N#Cc1ccc2c(c1)N(C(=O)C1CCCCC1)CC(=O)N2. The summed E-state index contributed by atoms with van der Waals surface area (Å²) in [5, 5.41) is 11.8. The molecule has 1 fully saturated rings. The van der Waals surface area contributed by atoms with Gasteiger partial charge in [0, 0.05) is 5.92 Å². The standard InChI is InChI=1S/C16H17N3O2/c17-9-11-6-7-13-14(8-11)19(10-15(20)18-13)16(21)12-4-2-1-3-5-12/h6-8,12H,1-5,10H2,(H,18,20). The van der Waals surface area contributed by atoms with Crippen LogP contribution in [0.2, 0.25) is 0 Å². The van der Waals surface area contributed by atoms with Gasteiger partial charge in [0.2, 0.25) is 11.8 Å². The number of hydrogen-bond acceptors (Lipinski definition) is 3. The van der Waals surface area contributed by atoms with Gasteiger partial charge in [0.25, 0.3) is 0 Å². The first kappa shape index (κ1) is 13.6. The molecule has 1 heterocycles. The van der Waals surface area contributed by atoms with Gasteiger partial charge in [-0.25, -0.2) is 0 Å². The van der Waals surface area contributed by atoms with Crippen molar-refractivity contribution >= 4 is 23.2 Å². The Labute approximate surface area is 123 Å². The molecule has 2 aliphatic rings. The van der Waals surface area contributed by atoms with Gasteiger partial charge in [0.1, 0.15) is 6.54 Å². The predicted octanol–water partition coefficient (Wildman–Crippen LogP) is 2.42. The van der Waals surface area contributed by atoms with E-state index >= 15 is 0 Å². The van der Waals surface area contributed by atoms with E-state index in [1.807, 2.05) is 0 Å². The number of nitrogens with one attached hydrogen (secondary N) is 1. The molecule has 1 N–H and O–H groups in total. The van der Waals surface area contributed by atoms with Gasteiger partial charge in [-0.1, -0.05) is 19.3 Å². The van der Waals surface area contributed by atoms with Gasteiger partial charge in [-0.05, 0) is 31.0 Å². The van der Waals surface area contributed by atoms with Gasteiger partial charge in [-0.2, -0.15) is 5.26 Å². The van der Waals surface area contributed by atoms with Crippen LogP contribution in [0.3, 0.4) is 0 Å². The summed E-state index contributed by atoms with van der Waals surface area (Å²) in [5.41, 5.74) is 1.74. The second-order valence-corrected chi connectivity index (χ2v) is 5.65. The third-order valence-corrected chi connectivity index (χ3v) is 4.21. The van der Waals surface area contributed by atoms with Crippen LogP contribution in [0, 0.1) is 17.2 Å². The third kappa shape index (κ3) is 2.62. The van der Waals surface area contributed by atoms with Crippen molar-refractivity contribution in [3.8, 4) is 6.07 Å². The maximum atomic E-state index is 12.7. The maximum absolute atomic E-state index is 12.7. The molecule has 0 atom stereocenters. The molecule has 1 aromatic carbocycles. The van der Waals surface area contributed by atoms with E-state index in [1.165, 1.54) is 6.42 Å². The summed E-state index contributed by atoms with van der Waals surface area (Å²) in [4.78, 5) is 26.1. The van der Waals surface area contributed by atoms with E-state index in [2.05, 4.69) is 11.4 Å². The molecule has 0 bridgehead atoms. The highest BCUT2D eigenvalue weighted by Gasteiger charge is 2.32. The summed E-state index contributed by atoms with van der Waals surface area (Å²) in [6.07, 6.45) is 5.11. The van der Waals surface area contributed by atoms with Crippen molar-refractivity contribution in [2.75, 3.05) is 16.8 Å². The van der Waals surface area contributed by atoms with Gasteiger partial charge < -0.3 is 10.2 Å². The fourth-order valence-corrected chi connectivity index (χ4v) is 3.12. The zero-order valence-corrected chi connectivity index (χ0v) is 11.8. The number of amides is 2. The Morgan fingerprint density at radius 2 is 2.05 bits per heavy atom. The molecular weight excluding hydrogens is 266 g/mol. The molecule has 0 unspecified atom stereocenters. The van der Waals surface area contributed by atoms with Crippen molar-refractivity contribution in [2.45, 2.75) is 32.1 Å². The van der Waals surface area contributed by atoms with Gasteiger partial charge >= 0.3 is 0 Å². The van der Waals surface area contributed by atoms with Crippen LogP contribution in [0.5, 0.6) is 0 Å². The molecule has 1 aromatic rings. The number of rotatable bonds is 1. The van der Waals surface area contributed by atoms with Crippen LogP contribution in [0.1, 0.15) is 37.7 Å². The Hall–Kier alpha value is -2.35. The van der Waals surface area contributed by atoms with Gasteiger partial charge in [-0.15, -0.1) is 0 Å². The highest BCUT2D eigenvalue weighted by atomic mass is 16.2. The molecule has 108 valence electrons. The molecule has 21 heavy (non-hydrogen) atoms. The van der Waals surface area contributed by atoms with Crippen molar-refractivity contribution < 1.29 is 9.59 Å². The highest BCUT2D eigenvalue weighted by Crippen LogP contribution is 2.34. The second-order valence-electron chi connectivity index (χ2n) is 5.65. The Balaban J connectivity index is 1.94. The van der Waals surface area contributed by atoms with Crippen LogP contribution >= 0.6 is 0 Å². The van der Waals surface area contributed by atoms with E-state index in [9.17, 15) is 9.59 Å². The number of carbonyl (C=O) groups excluding carboxylic acids is 2. The van der Waals surface area contributed by atoms with E-state index in [-0.39, 0.29) is 24.3 Å². The lowest BCUT2D eigenvalue weighted by Crippen LogP contribution is -2.45. The van der Waals surface area contributed by atoms with Crippen LogP contribution in [0.25, 0.3) is 0 Å². The van der Waals surface area contributed by atoms with E-state index in [1.54, 1.807) is 23.1 Å². The highest BCUT2D eigenvalue weighted by molar-refractivity contribution is 6.10. The Kier molecular flexibility index (Phi) is 3.61. The van der Waals surface area contributed by atoms with E-state index in [0.29, 0.717) is 16.9 Å². The molecule has 1 aliphatic carbocycles. The van der Waals surface area contributed by atoms with E-state index in [0.717, 1.165) is 25.7 Å². The Morgan fingerprint density at radius 3 is 2.76 bits per heavy atom. The molecule has 1 aliphatic heterocycles. The lowest BCUT2D eigenvalue weighted by atomic mass is 9.88.